The summed E-state index contributed by atoms with van der Waals surface area (Å²) in [4.78, 5) is 27.5. The Hall–Kier alpha value is -3.81. The average Bonchev–Trinajstić information content (AvgIpc) is 3.35. The number of hydrogen-bond donors (Lipinski definition) is 2. The highest BCUT2D eigenvalue weighted by Crippen LogP contribution is 2.36. The number of alkyl halides is 3. The molecule has 0 aliphatic carbocycles. The zero-order chi connectivity index (χ0) is 29.2. The Kier molecular flexibility index (Phi) is 8.11. The number of amides is 1. The number of anilines is 2. The Labute approximate surface area is 238 Å². The van der Waals surface area contributed by atoms with Gasteiger partial charge in [-0.2, -0.15) is 18.2 Å². The number of benzene rings is 2. The molecule has 0 unspecified atom stereocenters. The third kappa shape index (κ3) is 6.92. The number of halogens is 3. The van der Waals surface area contributed by atoms with E-state index in [0.29, 0.717) is 47.4 Å². The third-order valence-electron chi connectivity index (χ3n) is 6.64. The molecule has 13 heteroatoms. The molecule has 1 aliphatic rings. The Morgan fingerprint density at radius 1 is 1.07 bits per heavy atom. The van der Waals surface area contributed by atoms with Crippen LogP contribution < -0.4 is 15.4 Å². The third-order valence-corrected chi connectivity index (χ3v) is 7.57. The summed E-state index contributed by atoms with van der Waals surface area (Å²) in [5.41, 5.74) is 0.409. The number of fused-ring (bicyclic) bond motifs is 1. The first-order chi connectivity index (χ1) is 19.5. The first-order valence-corrected chi connectivity index (χ1v) is 13.8. The lowest BCUT2D eigenvalue weighted by atomic mass is 10.0. The van der Waals surface area contributed by atoms with Gasteiger partial charge in [0.25, 0.3) is 0 Å². The van der Waals surface area contributed by atoms with Gasteiger partial charge in [-0.15, -0.1) is 0 Å². The van der Waals surface area contributed by atoms with E-state index in [-0.39, 0.29) is 23.3 Å². The van der Waals surface area contributed by atoms with E-state index in [0.717, 1.165) is 29.9 Å². The lowest BCUT2D eigenvalue weighted by Crippen LogP contribution is -2.53. The summed E-state index contributed by atoms with van der Waals surface area (Å²) in [5.74, 6) is 0.623. The molecule has 0 radical (unpaired) electrons. The van der Waals surface area contributed by atoms with Gasteiger partial charge in [0, 0.05) is 43.7 Å². The highest BCUT2D eigenvalue weighted by atomic mass is 32.1. The molecule has 0 atom stereocenters. The number of rotatable bonds is 8. The lowest BCUT2D eigenvalue weighted by Gasteiger charge is -2.40. The van der Waals surface area contributed by atoms with Crippen molar-refractivity contribution in [2.75, 3.05) is 43.5 Å². The van der Waals surface area contributed by atoms with Crippen LogP contribution >= 0.6 is 11.3 Å². The standard InChI is InChI=1S/C28H29F3N6O3S/c1-17(38)33-26-36-24-21(5-4-6-22(24)41-26)40-23-15-20(18-7-9-19(10-8-18)28(29,30)31)34-25(35-23)32-16-27(2,3)37-11-13-39-14-12-37/h4-10,15H,11-14,16H2,1-3H3,(H,32,34,35)(H,33,36,38). The van der Waals surface area contributed by atoms with Gasteiger partial charge < -0.3 is 20.1 Å². The van der Waals surface area contributed by atoms with Gasteiger partial charge in [0.05, 0.1) is 29.2 Å². The summed E-state index contributed by atoms with van der Waals surface area (Å²) in [6, 6.07) is 11.7. The fraction of sp³-hybridized carbons (Fsp3) is 0.357. The Bertz CT molecular complexity index is 1540. The van der Waals surface area contributed by atoms with Crippen LogP contribution in [0.4, 0.5) is 24.3 Å². The molecule has 41 heavy (non-hydrogen) atoms. The minimum absolute atomic E-state index is 0.183. The maximum Gasteiger partial charge on any atom is 0.416 e. The van der Waals surface area contributed by atoms with Gasteiger partial charge in [-0.1, -0.05) is 29.5 Å². The highest BCUT2D eigenvalue weighted by molar-refractivity contribution is 7.22. The van der Waals surface area contributed by atoms with E-state index in [2.05, 4.69) is 44.3 Å². The van der Waals surface area contributed by atoms with E-state index >= 15 is 0 Å². The SMILES string of the molecule is CC(=O)Nc1nc2c(Oc3cc(-c4ccc(C(F)(F)F)cc4)nc(NCC(C)(C)N4CCOCC4)n3)cccc2s1. The maximum atomic E-state index is 13.2. The van der Waals surface area contributed by atoms with Crippen LogP contribution in [-0.4, -0.2) is 64.1 Å². The second kappa shape index (κ2) is 11.6. The van der Waals surface area contributed by atoms with E-state index in [9.17, 15) is 18.0 Å². The number of carbonyl (C=O) groups excluding carboxylic acids is 1. The molecule has 1 fully saturated rings. The minimum atomic E-state index is -4.45. The Balaban J connectivity index is 1.47. The quantitative estimate of drug-likeness (QED) is 0.258. The minimum Gasteiger partial charge on any atom is -0.437 e. The van der Waals surface area contributed by atoms with Gasteiger partial charge in [0.2, 0.25) is 17.7 Å². The van der Waals surface area contributed by atoms with Crippen molar-refractivity contribution in [3.63, 3.8) is 0 Å². The van der Waals surface area contributed by atoms with Crippen molar-refractivity contribution in [3.8, 4) is 22.9 Å². The first-order valence-electron chi connectivity index (χ1n) is 13.0. The van der Waals surface area contributed by atoms with Crippen LogP contribution in [0.1, 0.15) is 26.3 Å². The normalized spacial score (nSPS) is 14.7. The number of hydrogen-bond acceptors (Lipinski definition) is 9. The van der Waals surface area contributed by atoms with Gasteiger partial charge >= 0.3 is 6.18 Å². The molecule has 0 saturated carbocycles. The fourth-order valence-corrected chi connectivity index (χ4v) is 5.36. The van der Waals surface area contributed by atoms with Crippen molar-refractivity contribution in [3.05, 3.63) is 54.1 Å². The Morgan fingerprint density at radius 3 is 2.49 bits per heavy atom. The molecule has 2 N–H and O–H groups in total. The molecule has 4 aromatic rings. The second-order valence-corrected chi connectivity index (χ2v) is 11.2. The van der Waals surface area contributed by atoms with Gasteiger partial charge in [0.15, 0.2) is 10.9 Å². The van der Waals surface area contributed by atoms with Crippen LogP contribution in [0.15, 0.2) is 48.5 Å². The summed E-state index contributed by atoms with van der Waals surface area (Å²) < 4.78 is 51.9. The van der Waals surface area contributed by atoms with Crippen molar-refractivity contribution in [1.82, 2.24) is 19.9 Å². The van der Waals surface area contributed by atoms with Crippen LogP contribution in [0.2, 0.25) is 0 Å². The topological polar surface area (TPSA) is 102 Å². The van der Waals surface area contributed by atoms with Crippen LogP contribution in [0.25, 0.3) is 21.5 Å². The molecule has 1 amide bonds. The predicted octanol–water partition coefficient (Wildman–Crippen LogP) is 6.05. The van der Waals surface area contributed by atoms with Crippen molar-refractivity contribution >= 4 is 38.5 Å². The van der Waals surface area contributed by atoms with E-state index in [4.69, 9.17) is 9.47 Å². The zero-order valence-electron chi connectivity index (χ0n) is 22.7. The molecule has 0 bridgehead atoms. The number of nitrogens with one attached hydrogen (secondary N) is 2. The molecule has 1 saturated heterocycles. The summed E-state index contributed by atoms with van der Waals surface area (Å²) in [6.45, 7) is 9.05. The summed E-state index contributed by atoms with van der Waals surface area (Å²) in [6.07, 6.45) is -4.45. The van der Waals surface area contributed by atoms with Crippen molar-refractivity contribution in [2.45, 2.75) is 32.5 Å². The molecular formula is C28H29F3N6O3S. The highest BCUT2D eigenvalue weighted by Gasteiger charge is 2.30. The molecule has 1 aliphatic heterocycles. The van der Waals surface area contributed by atoms with Crippen molar-refractivity contribution in [1.29, 1.82) is 0 Å². The smallest absolute Gasteiger partial charge is 0.416 e. The molecule has 2 aromatic carbocycles. The van der Waals surface area contributed by atoms with Crippen LogP contribution in [-0.2, 0) is 15.7 Å². The van der Waals surface area contributed by atoms with Crippen LogP contribution in [0, 0.1) is 0 Å². The van der Waals surface area contributed by atoms with E-state index in [1.54, 1.807) is 18.2 Å². The fourth-order valence-electron chi connectivity index (χ4n) is 4.43. The monoisotopic (exact) mass is 586 g/mol. The maximum absolute atomic E-state index is 13.2. The largest absolute Gasteiger partial charge is 0.437 e. The van der Waals surface area contributed by atoms with Gasteiger partial charge in [-0.05, 0) is 38.1 Å². The number of aromatic nitrogens is 3. The molecule has 2 aromatic heterocycles. The molecular weight excluding hydrogens is 557 g/mol. The summed E-state index contributed by atoms with van der Waals surface area (Å²) in [5, 5.41) is 6.41. The van der Waals surface area contributed by atoms with Crippen molar-refractivity contribution in [2.24, 2.45) is 0 Å². The average molecular weight is 587 g/mol. The van der Waals surface area contributed by atoms with Crippen LogP contribution in [0.5, 0.6) is 11.6 Å². The van der Waals surface area contributed by atoms with Crippen molar-refractivity contribution < 1.29 is 27.4 Å². The van der Waals surface area contributed by atoms with Crippen LogP contribution in [0.3, 0.4) is 0 Å². The number of carbonyl (C=O) groups is 1. The van der Waals surface area contributed by atoms with Gasteiger partial charge in [-0.3, -0.25) is 9.69 Å². The summed E-state index contributed by atoms with van der Waals surface area (Å²) >= 11 is 1.31. The lowest BCUT2D eigenvalue weighted by molar-refractivity contribution is -0.137. The van der Waals surface area contributed by atoms with Gasteiger partial charge in [-0.25, -0.2) is 9.97 Å². The van der Waals surface area contributed by atoms with E-state index in [1.165, 1.54) is 30.4 Å². The number of nitrogens with zero attached hydrogens (tertiary/aromatic N) is 4. The van der Waals surface area contributed by atoms with Gasteiger partial charge in [0.1, 0.15) is 5.52 Å². The molecule has 3 heterocycles. The molecule has 0 spiro atoms. The Morgan fingerprint density at radius 2 is 1.80 bits per heavy atom. The second-order valence-electron chi connectivity index (χ2n) is 10.2. The van der Waals surface area contributed by atoms with E-state index in [1.807, 2.05) is 6.07 Å². The molecule has 216 valence electrons. The molecule has 9 nitrogen and oxygen atoms in total. The number of thiazole rings is 1. The number of morpholine rings is 1. The first kappa shape index (κ1) is 28.7. The zero-order valence-corrected chi connectivity index (χ0v) is 23.5. The number of ether oxygens (including phenoxy) is 2. The predicted molar refractivity (Wildman–Crippen MR) is 151 cm³/mol. The number of para-hydroxylation sites is 1. The molecule has 5 rings (SSSR count). The summed E-state index contributed by atoms with van der Waals surface area (Å²) in [7, 11) is 0. The van der Waals surface area contributed by atoms with E-state index < -0.39 is 11.7 Å².